The second-order valence-corrected chi connectivity index (χ2v) is 9.77. The first-order chi connectivity index (χ1) is 16.1. The molecule has 182 valence electrons. The summed E-state index contributed by atoms with van der Waals surface area (Å²) in [5, 5.41) is 0. The van der Waals surface area contributed by atoms with Crippen LogP contribution in [-0.4, -0.2) is 77.7 Å². The van der Waals surface area contributed by atoms with Crippen LogP contribution in [0.5, 0.6) is 5.88 Å². The summed E-state index contributed by atoms with van der Waals surface area (Å²) in [6.45, 7) is 4.64. The Bertz CT molecular complexity index is 1020. The number of halogens is 1. The minimum Gasteiger partial charge on any atom is -0.474 e. The molecule has 1 atom stereocenters. The van der Waals surface area contributed by atoms with Gasteiger partial charge in [-0.25, -0.2) is 19.3 Å². The molecule has 10 heteroatoms. The number of aromatic nitrogens is 3. The van der Waals surface area contributed by atoms with E-state index in [4.69, 9.17) is 4.74 Å². The number of pyridine rings is 1. The molecule has 2 aromatic heterocycles. The Hall–Kier alpha value is -3.30. The maximum absolute atomic E-state index is 13.6. The zero-order valence-corrected chi connectivity index (χ0v) is 20.1. The van der Waals surface area contributed by atoms with Gasteiger partial charge in [0.2, 0.25) is 23.6 Å². The lowest BCUT2D eigenvalue weighted by atomic mass is 9.99. The van der Waals surface area contributed by atoms with E-state index in [9.17, 15) is 14.0 Å². The molecule has 0 aliphatic carbocycles. The van der Waals surface area contributed by atoms with Crippen LogP contribution in [0.4, 0.5) is 16.0 Å². The van der Waals surface area contributed by atoms with Gasteiger partial charge in [0.15, 0.2) is 0 Å². The first-order valence-electron chi connectivity index (χ1n) is 11.5. The second kappa shape index (κ2) is 9.52. The second-order valence-electron chi connectivity index (χ2n) is 9.77. The van der Waals surface area contributed by atoms with Crippen molar-refractivity contribution < 1.29 is 18.7 Å². The molecule has 4 heterocycles. The highest BCUT2D eigenvalue weighted by Crippen LogP contribution is 2.29. The number of hydrogen-bond acceptors (Lipinski definition) is 7. The number of carbonyl (C=O) groups excluding carboxylic acids is 2. The summed E-state index contributed by atoms with van der Waals surface area (Å²) in [6.07, 6.45) is 6.32. The monoisotopic (exact) mass is 470 g/mol. The van der Waals surface area contributed by atoms with Gasteiger partial charge in [0.1, 0.15) is 12.3 Å². The number of ether oxygens (including phenoxy) is 1. The molecule has 2 aliphatic rings. The summed E-state index contributed by atoms with van der Waals surface area (Å²) < 4.78 is 18.9. The smallest absolute Gasteiger partial charge is 0.230 e. The summed E-state index contributed by atoms with van der Waals surface area (Å²) in [5.41, 5.74) is 0.178. The number of carbonyl (C=O) groups is 2. The third-order valence-corrected chi connectivity index (χ3v) is 6.05. The van der Waals surface area contributed by atoms with E-state index in [0.717, 1.165) is 12.0 Å². The van der Waals surface area contributed by atoms with Gasteiger partial charge in [-0.1, -0.05) is 6.07 Å². The van der Waals surface area contributed by atoms with E-state index in [-0.39, 0.29) is 30.3 Å². The molecule has 2 fully saturated rings. The van der Waals surface area contributed by atoms with Crippen molar-refractivity contribution in [3.05, 3.63) is 36.3 Å². The lowest BCUT2D eigenvalue weighted by molar-refractivity contribution is -0.133. The molecule has 0 saturated carbocycles. The number of hydrogen-bond donors (Lipinski definition) is 0. The summed E-state index contributed by atoms with van der Waals surface area (Å²) in [5.74, 6) is 0.917. The van der Waals surface area contributed by atoms with E-state index >= 15 is 0 Å². The summed E-state index contributed by atoms with van der Waals surface area (Å²) in [7, 11) is 3.51. The number of rotatable bonds is 8. The van der Waals surface area contributed by atoms with Crippen molar-refractivity contribution in [3.63, 3.8) is 0 Å². The van der Waals surface area contributed by atoms with E-state index in [0.29, 0.717) is 43.6 Å². The molecule has 1 unspecified atom stereocenters. The third kappa shape index (κ3) is 5.43. The Kier molecular flexibility index (Phi) is 6.67. The van der Waals surface area contributed by atoms with Crippen LogP contribution < -0.4 is 14.5 Å². The maximum Gasteiger partial charge on any atom is 0.230 e. The average Bonchev–Trinajstić information content (AvgIpc) is 3.12. The minimum absolute atomic E-state index is 0.0233. The Morgan fingerprint density at radius 1 is 1.18 bits per heavy atom. The molecular weight excluding hydrogens is 439 g/mol. The first kappa shape index (κ1) is 23.8. The summed E-state index contributed by atoms with van der Waals surface area (Å²) in [4.78, 5) is 43.3. The first-order valence-corrected chi connectivity index (χ1v) is 11.5. The molecule has 2 amide bonds. The molecule has 2 aliphatic heterocycles. The molecular formula is C24H31FN6O3. The molecule has 2 saturated heterocycles. The Balaban J connectivity index is 1.30. The largest absolute Gasteiger partial charge is 0.474 e. The average molecular weight is 471 g/mol. The van der Waals surface area contributed by atoms with Crippen LogP contribution in [0.15, 0.2) is 30.7 Å². The number of anilines is 2. The molecule has 0 N–H and O–H groups in total. The third-order valence-electron chi connectivity index (χ3n) is 6.05. The highest BCUT2D eigenvalue weighted by molar-refractivity contribution is 5.97. The molecule has 0 spiro atoms. The molecule has 9 nitrogen and oxygen atoms in total. The van der Waals surface area contributed by atoms with E-state index in [1.807, 2.05) is 11.0 Å². The quantitative estimate of drug-likeness (QED) is 0.584. The fourth-order valence-electron chi connectivity index (χ4n) is 4.11. The Morgan fingerprint density at radius 2 is 1.88 bits per heavy atom. The van der Waals surface area contributed by atoms with E-state index in [2.05, 4.69) is 15.0 Å². The molecule has 2 aromatic rings. The molecule has 34 heavy (non-hydrogen) atoms. The SMILES string of the molecule is CN(C)C(=O)C1CN(c2ncc(N3CCC(Cc4ccc(OCC(C)(C)F)nc4)C3=O)cn2)C1. The highest BCUT2D eigenvalue weighted by Gasteiger charge is 2.36. The van der Waals surface area contributed by atoms with Crippen molar-refractivity contribution in [1.82, 2.24) is 19.9 Å². The van der Waals surface area contributed by atoms with Crippen molar-refractivity contribution in [1.29, 1.82) is 0 Å². The lowest BCUT2D eigenvalue weighted by Gasteiger charge is -2.39. The maximum atomic E-state index is 13.6. The van der Waals surface area contributed by atoms with Crippen LogP contribution in [-0.2, 0) is 16.0 Å². The number of amides is 2. The van der Waals surface area contributed by atoms with Gasteiger partial charge in [0, 0.05) is 51.9 Å². The van der Waals surface area contributed by atoms with E-state index < -0.39 is 5.67 Å². The normalized spacial score (nSPS) is 18.7. The fraction of sp³-hybridized carbons (Fsp3) is 0.542. The lowest BCUT2D eigenvalue weighted by Crippen LogP contribution is -2.54. The van der Waals surface area contributed by atoms with Crippen LogP contribution in [0.3, 0.4) is 0 Å². The van der Waals surface area contributed by atoms with Crippen LogP contribution in [0.1, 0.15) is 25.8 Å². The minimum atomic E-state index is -1.43. The zero-order chi connectivity index (χ0) is 24.5. The van der Waals surface area contributed by atoms with E-state index in [1.54, 1.807) is 48.6 Å². The predicted molar refractivity (Wildman–Crippen MR) is 126 cm³/mol. The van der Waals surface area contributed by atoms with Gasteiger partial charge in [-0.2, -0.15) is 0 Å². The molecule has 0 radical (unpaired) electrons. The van der Waals surface area contributed by atoms with Crippen molar-refractivity contribution in [2.75, 3.05) is 50.1 Å². The summed E-state index contributed by atoms with van der Waals surface area (Å²) in [6, 6.07) is 3.57. The summed E-state index contributed by atoms with van der Waals surface area (Å²) >= 11 is 0. The van der Waals surface area contributed by atoms with Crippen LogP contribution in [0, 0.1) is 11.8 Å². The van der Waals surface area contributed by atoms with Crippen LogP contribution in [0.25, 0.3) is 0 Å². The van der Waals surface area contributed by atoms with E-state index in [1.165, 1.54) is 13.8 Å². The van der Waals surface area contributed by atoms with Gasteiger partial charge in [-0.05, 0) is 32.3 Å². The van der Waals surface area contributed by atoms with Crippen molar-refractivity contribution in [2.24, 2.45) is 11.8 Å². The van der Waals surface area contributed by atoms with Gasteiger partial charge < -0.3 is 19.4 Å². The topological polar surface area (TPSA) is 91.8 Å². The zero-order valence-electron chi connectivity index (χ0n) is 20.1. The Labute approximate surface area is 198 Å². The van der Waals surface area contributed by atoms with Crippen LogP contribution in [0.2, 0.25) is 0 Å². The van der Waals surface area contributed by atoms with Crippen molar-refractivity contribution in [2.45, 2.75) is 32.4 Å². The molecule has 4 rings (SSSR count). The highest BCUT2D eigenvalue weighted by atomic mass is 19.1. The van der Waals surface area contributed by atoms with Crippen LogP contribution >= 0.6 is 0 Å². The number of nitrogens with zero attached hydrogens (tertiary/aromatic N) is 6. The van der Waals surface area contributed by atoms with Crippen molar-refractivity contribution >= 4 is 23.5 Å². The van der Waals surface area contributed by atoms with Gasteiger partial charge in [0.05, 0.1) is 24.0 Å². The Morgan fingerprint density at radius 3 is 2.47 bits per heavy atom. The predicted octanol–water partition coefficient (Wildman–Crippen LogP) is 2.12. The molecule has 0 bridgehead atoms. The number of alkyl halides is 1. The molecule has 0 aromatic carbocycles. The van der Waals surface area contributed by atoms with Crippen molar-refractivity contribution in [3.8, 4) is 5.88 Å². The van der Waals surface area contributed by atoms with Gasteiger partial charge in [-0.15, -0.1) is 0 Å². The standard InChI is InChI=1S/C24H31FN6O3/c1-24(2,25)15-34-20-6-5-16(10-26-20)9-17-7-8-31(22(17)33)19-11-27-23(28-12-19)30-13-18(14-30)21(32)29(3)4/h5-6,10-12,17-18H,7-9,13-15H2,1-4H3. The van der Waals surface area contributed by atoms with Gasteiger partial charge in [-0.3, -0.25) is 9.59 Å². The van der Waals surface area contributed by atoms with Gasteiger partial charge in [0.25, 0.3) is 0 Å². The fourth-order valence-corrected chi connectivity index (χ4v) is 4.11. The van der Waals surface area contributed by atoms with Gasteiger partial charge >= 0.3 is 0 Å².